The fourth-order valence-corrected chi connectivity index (χ4v) is 1.79. The topological polar surface area (TPSA) is 99.2 Å². The number of nitrogens with zero attached hydrogens (tertiary/aromatic N) is 3. The number of nitro benzene ring substituents is 2. The summed E-state index contributed by atoms with van der Waals surface area (Å²) in [7, 11) is 0. The summed E-state index contributed by atoms with van der Waals surface area (Å²) < 4.78 is 0. The van der Waals surface area contributed by atoms with Crippen LogP contribution in [0.2, 0.25) is 5.02 Å². The van der Waals surface area contributed by atoms with Crippen LogP contribution in [0, 0.1) is 20.2 Å². The molecule has 0 bridgehead atoms. The molecule has 19 heavy (non-hydrogen) atoms. The Morgan fingerprint density at radius 1 is 1.11 bits per heavy atom. The second kappa shape index (κ2) is 4.99. The van der Waals surface area contributed by atoms with E-state index in [-0.39, 0.29) is 22.0 Å². The molecule has 8 heteroatoms. The van der Waals surface area contributed by atoms with Crippen LogP contribution in [0.4, 0.5) is 11.4 Å². The van der Waals surface area contributed by atoms with Crippen molar-refractivity contribution in [2.45, 2.75) is 0 Å². The normalized spacial score (nSPS) is 10.2. The molecule has 0 saturated heterocycles. The van der Waals surface area contributed by atoms with Gasteiger partial charge in [-0.1, -0.05) is 11.6 Å². The number of non-ortho nitro benzene ring substituents is 1. The number of rotatable bonds is 3. The molecule has 0 radical (unpaired) electrons. The molecule has 1 heterocycles. The highest BCUT2D eigenvalue weighted by atomic mass is 35.5. The molecule has 0 atom stereocenters. The fourth-order valence-electron chi connectivity index (χ4n) is 1.57. The van der Waals surface area contributed by atoms with Crippen LogP contribution in [0.25, 0.3) is 11.3 Å². The van der Waals surface area contributed by atoms with Gasteiger partial charge in [-0.3, -0.25) is 25.2 Å². The number of hydrogen-bond donors (Lipinski definition) is 0. The molecule has 2 rings (SSSR count). The lowest BCUT2D eigenvalue weighted by Crippen LogP contribution is -1.96. The van der Waals surface area contributed by atoms with E-state index < -0.39 is 15.5 Å². The number of pyridine rings is 1. The molecule has 0 aliphatic carbocycles. The Labute approximate surface area is 111 Å². The van der Waals surface area contributed by atoms with Crippen molar-refractivity contribution in [3.8, 4) is 11.3 Å². The van der Waals surface area contributed by atoms with E-state index >= 15 is 0 Å². The molecule has 0 amide bonds. The number of hydrogen-bond acceptors (Lipinski definition) is 5. The highest BCUT2D eigenvalue weighted by Crippen LogP contribution is 2.35. The van der Waals surface area contributed by atoms with Crippen LogP contribution in [-0.4, -0.2) is 14.8 Å². The zero-order chi connectivity index (χ0) is 14.0. The third-order valence-electron chi connectivity index (χ3n) is 2.40. The third kappa shape index (κ3) is 2.50. The lowest BCUT2D eigenvalue weighted by atomic mass is 10.1. The zero-order valence-electron chi connectivity index (χ0n) is 9.32. The molecule has 2 aromatic rings. The highest BCUT2D eigenvalue weighted by molar-refractivity contribution is 6.33. The first kappa shape index (κ1) is 12.9. The molecule has 0 N–H and O–H groups in total. The van der Waals surface area contributed by atoms with Crippen LogP contribution in [0.3, 0.4) is 0 Å². The first-order chi connectivity index (χ1) is 9.00. The molecule has 96 valence electrons. The predicted molar refractivity (Wildman–Crippen MR) is 68.0 cm³/mol. The lowest BCUT2D eigenvalue weighted by Gasteiger charge is -2.04. The standard InChI is InChI=1S/C11H6ClN3O4/c12-9-2-1-5-13-11(9)8-4-3-7(14(16)17)6-10(8)15(18)19/h1-6H. The van der Waals surface area contributed by atoms with Crippen LogP contribution in [0.15, 0.2) is 36.5 Å². The first-order valence-electron chi connectivity index (χ1n) is 5.04. The molecular formula is C11H6ClN3O4. The smallest absolute Gasteiger partial charge is 0.258 e. The summed E-state index contributed by atoms with van der Waals surface area (Å²) >= 11 is 5.92. The van der Waals surface area contributed by atoms with Gasteiger partial charge in [0, 0.05) is 12.3 Å². The van der Waals surface area contributed by atoms with Gasteiger partial charge < -0.3 is 0 Å². The Morgan fingerprint density at radius 2 is 1.84 bits per heavy atom. The van der Waals surface area contributed by atoms with Gasteiger partial charge in [-0.2, -0.15) is 0 Å². The Morgan fingerprint density at radius 3 is 2.42 bits per heavy atom. The van der Waals surface area contributed by atoms with E-state index in [1.54, 1.807) is 6.07 Å². The van der Waals surface area contributed by atoms with Crippen molar-refractivity contribution in [2.24, 2.45) is 0 Å². The summed E-state index contributed by atoms with van der Waals surface area (Å²) in [6, 6.07) is 6.45. The largest absolute Gasteiger partial charge is 0.285 e. The Kier molecular flexibility index (Phi) is 3.39. The minimum atomic E-state index is -0.701. The average Bonchev–Trinajstić information content (AvgIpc) is 2.38. The van der Waals surface area contributed by atoms with Gasteiger partial charge in [0.1, 0.15) is 0 Å². The molecule has 0 fully saturated rings. The molecule has 7 nitrogen and oxygen atoms in total. The van der Waals surface area contributed by atoms with Gasteiger partial charge in [0.05, 0.1) is 32.2 Å². The van der Waals surface area contributed by atoms with Crippen LogP contribution in [0.5, 0.6) is 0 Å². The van der Waals surface area contributed by atoms with Gasteiger partial charge in [0.15, 0.2) is 0 Å². The van der Waals surface area contributed by atoms with Gasteiger partial charge in [0.2, 0.25) is 0 Å². The lowest BCUT2D eigenvalue weighted by molar-refractivity contribution is -0.393. The second-order valence-corrected chi connectivity index (χ2v) is 3.96. The average molecular weight is 280 g/mol. The van der Waals surface area contributed by atoms with Gasteiger partial charge in [-0.05, 0) is 18.2 Å². The minimum Gasteiger partial charge on any atom is -0.258 e. The fraction of sp³-hybridized carbons (Fsp3) is 0. The number of nitro groups is 2. The van der Waals surface area contributed by atoms with Gasteiger partial charge in [-0.15, -0.1) is 0 Å². The van der Waals surface area contributed by atoms with Gasteiger partial charge in [-0.25, -0.2) is 0 Å². The maximum absolute atomic E-state index is 11.0. The number of halogens is 1. The van der Waals surface area contributed by atoms with E-state index in [9.17, 15) is 20.2 Å². The highest BCUT2D eigenvalue weighted by Gasteiger charge is 2.22. The van der Waals surface area contributed by atoms with Crippen molar-refractivity contribution in [1.82, 2.24) is 4.98 Å². The van der Waals surface area contributed by atoms with E-state index in [1.165, 1.54) is 24.4 Å². The van der Waals surface area contributed by atoms with Crippen molar-refractivity contribution in [1.29, 1.82) is 0 Å². The maximum Gasteiger partial charge on any atom is 0.285 e. The summed E-state index contributed by atoms with van der Waals surface area (Å²) in [6.07, 6.45) is 1.44. The quantitative estimate of drug-likeness (QED) is 0.634. The van der Waals surface area contributed by atoms with E-state index in [2.05, 4.69) is 4.98 Å². The molecule has 0 aliphatic heterocycles. The number of benzene rings is 1. The summed E-state index contributed by atoms with van der Waals surface area (Å²) in [5.41, 5.74) is -0.413. The molecule has 0 saturated carbocycles. The molecule has 1 aromatic carbocycles. The van der Waals surface area contributed by atoms with Gasteiger partial charge in [0.25, 0.3) is 11.4 Å². The summed E-state index contributed by atoms with van der Waals surface area (Å²) in [6.45, 7) is 0. The van der Waals surface area contributed by atoms with E-state index in [1.807, 2.05) is 0 Å². The molecule has 0 spiro atoms. The second-order valence-electron chi connectivity index (χ2n) is 3.55. The van der Waals surface area contributed by atoms with Crippen LogP contribution in [-0.2, 0) is 0 Å². The molecule has 0 aliphatic rings. The van der Waals surface area contributed by atoms with Gasteiger partial charge >= 0.3 is 0 Å². The van der Waals surface area contributed by atoms with Crippen LogP contribution < -0.4 is 0 Å². The Bertz CT molecular complexity index is 675. The monoisotopic (exact) mass is 279 g/mol. The molecule has 0 unspecified atom stereocenters. The third-order valence-corrected chi connectivity index (χ3v) is 2.71. The first-order valence-corrected chi connectivity index (χ1v) is 5.42. The maximum atomic E-state index is 11.0. The van der Waals surface area contributed by atoms with Crippen molar-refractivity contribution in [3.63, 3.8) is 0 Å². The Hall–Kier alpha value is -2.54. The minimum absolute atomic E-state index is 0.140. The SMILES string of the molecule is O=[N+]([O-])c1ccc(-c2ncccc2Cl)c([N+](=O)[O-])c1. The van der Waals surface area contributed by atoms with Crippen LogP contribution in [0.1, 0.15) is 0 Å². The van der Waals surface area contributed by atoms with E-state index in [4.69, 9.17) is 11.6 Å². The predicted octanol–water partition coefficient (Wildman–Crippen LogP) is 3.22. The summed E-state index contributed by atoms with van der Waals surface area (Å²) in [5.74, 6) is 0. The van der Waals surface area contributed by atoms with Crippen LogP contribution >= 0.6 is 11.6 Å². The zero-order valence-corrected chi connectivity index (χ0v) is 10.1. The van der Waals surface area contributed by atoms with Crippen molar-refractivity contribution in [3.05, 3.63) is 61.8 Å². The number of aromatic nitrogens is 1. The van der Waals surface area contributed by atoms with E-state index in [0.717, 1.165) is 6.07 Å². The van der Waals surface area contributed by atoms with Crippen molar-refractivity contribution < 1.29 is 9.85 Å². The van der Waals surface area contributed by atoms with Crippen molar-refractivity contribution in [2.75, 3.05) is 0 Å². The summed E-state index contributed by atoms with van der Waals surface area (Å²) in [4.78, 5) is 24.2. The Balaban J connectivity index is 2.67. The summed E-state index contributed by atoms with van der Waals surface area (Å²) in [5, 5.41) is 21.9. The molecule has 1 aromatic heterocycles. The molecular weight excluding hydrogens is 274 g/mol. The van der Waals surface area contributed by atoms with E-state index in [0.29, 0.717) is 0 Å². The van der Waals surface area contributed by atoms with Crippen molar-refractivity contribution >= 4 is 23.0 Å².